The summed E-state index contributed by atoms with van der Waals surface area (Å²) in [6.45, 7) is -0.586. The SMILES string of the molecule is O=C(CC(=O)ON1C(=O)CCC1=O)OCCO. The Labute approximate surface area is 96.0 Å². The number of carbonyl (C=O) groups is 4. The lowest BCUT2D eigenvalue weighted by molar-refractivity contribution is -0.198. The average Bonchev–Trinajstić information content (AvgIpc) is 2.58. The van der Waals surface area contributed by atoms with E-state index < -0.39 is 30.2 Å². The van der Waals surface area contributed by atoms with Gasteiger partial charge in [-0.1, -0.05) is 0 Å². The Kier molecular flexibility index (Phi) is 4.58. The molecule has 0 aromatic heterocycles. The Balaban J connectivity index is 2.36. The van der Waals surface area contributed by atoms with Crippen LogP contribution in [0.25, 0.3) is 0 Å². The zero-order valence-corrected chi connectivity index (χ0v) is 8.88. The summed E-state index contributed by atoms with van der Waals surface area (Å²) in [6.07, 6.45) is -0.751. The van der Waals surface area contributed by atoms with Gasteiger partial charge in [0.05, 0.1) is 6.61 Å². The molecular weight excluding hydrogens is 234 g/mol. The molecule has 0 aromatic carbocycles. The van der Waals surface area contributed by atoms with E-state index in [1.54, 1.807) is 0 Å². The third kappa shape index (κ3) is 3.83. The third-order valence-electron chi connectivity index (χ3n) is 1.84. The number of hydrogen-bond donors (Lipinski definition) is 1. The highest BCUT2D eigenvalue weighted by molar-refractivity contribution is 6.02. The number of imide groups is 1. The molecule has 0 bridgehead atoms. The van der Waals surface area contributed by atoms with Gasteiger partial charge in [0.15, 0.2) is 0 Å². The molecule has 1 aliphatic heterocycles. The third-order valence-corrected chi connectivity index (χ3v) is 1.84. The molecule has 1 N–H and O–H groups in total. The fourth-order valence-electron chi connectivity index (χ4n) is 1.12. The number of hydrogen-bond acceptors (Lipinski definition) is 7. The average molecular weight is 245 g/mol. The van der Waals surface area contributed by atoms with E-state index in [9.17, 15) is 19.2 Å². The van der Waals surface area contributed by atoms with E-state index in [2.05, 4.69) is 9.57 Å². The van der Waals surface area contributed by atoms with Crippen molar-refractivity contribution in [2.45, 2.75) is 19.3 Å². The quantitative estimate of drug-likeness (QED) is 0.357. The Bertz CT molecular complexity index is 335. The summed E-state index contributed by atoms with van der Waals surface area (Å²) in [5.74, 6) is -3.20. The lowest BCUT2D eigenvalue weighted by Crippen LogP contribution is -2.33. The van der Waals surface area contributed by atoms with Crippen LogP contribution < -0.4 is 0 Å². The van der Waals surface area contributed by atoms with Crippen LogP contribution in [-0.4, -0.2) is 47.1 Å². The fraction of sp³-hybridized carbons (Fsp3) is 0.556. The van der Waals surface area contributed by atoms with Gasteiger partial charge in [0.2, 0.25) is 0 Å². The summed E-state index contributed by atoms with van der Waals surface area (Å²) in [5, 5.41) is 8.71. The Morgan fingerprint density at radius 3 is 2.29 bits per heavy atom. The van der Waals surface area contributed by atoms with Gasteiger partial charge in [0.1, 0.15) is 13.0 Å². The number of rotatable bonds is 5. The van der Waals surface area contributed by atoms with Crippen molar-refractivity contribution in [3.8, 4) is 0 Å². The molecule has 0 unspecified atom stereocenters. The van der Waals surface area contributed by atoms with Gasteiger partial charge >= 0.3 is 11.9 Å². The molecule has 1 heterocycles. The normalized spacial score (nSPS) is 15.0. The molecule has 0 aromatic rings. The first-order chi connectivity index (χ1) is 8.04. The highest BCUT2D eigenvalue weighted by Gasteiger charge is 2.33. The van der Waals surface area contributed by atoms with E-state index in [0.717, 1.165) is 0 Å². The molecule has 17 heavy (non-hydrogen) atoms. The molecule has 1 rings (SSSR count). The summed E-state index contributed by atoms with van der Waals surface area (Å²) in [6, 6.07) is 0. The highest BCUT2D eigenvalue weighted by atomic mass is 16.7. The Hall–Kier alpha value is -1.96. The number of aliphatic hydroxyl groups is 1. The van der Waals surface area contributed by atoms with Crippen LogP contribution in [0.3, 0.4) is 0 Å². The van der Waals surface area contributed by atoms with Gasteiger partial charge in [-0.05, 0) is 0 Å². The van der Waals surface area contributed by atoms with Gasteiger partial charge in [-0.2, -0.15) is 0 Å². The van der Waals surface area contributed by atoms with Gasteiger partial charge in [-0.15, -0.1) is 5.06 Å². The highest BCUT2D eigenvalue weighted by Crippen LogP contribution is 2.12. The molecule has 0 spiro atoms. The van der Waals surface area contributed by atoms with Crippen LogP contribution in [0.4, 0.5) is 0 Å². The molecule has 1 aliphatic rings. The number of aliphatic hydroxyl groups excluding tert-OH is 1. The predicted molar refractivity (Wildman–Crippen MR) is 49.8 cm³/mol. The van der Waals surface area contributed by atoms with Gasteiger partial charge < -0.3 is 14.7 Å². The molecule has 0 aliphatic carbocycles. The van der Waals surface area contributed by atoms with E-state index in [1.807, 2.05) is 0 Å². The predicted octanol–water partition coefficient (Wildman–Crippen LogP) is -1.48. The summed E-state index contributed by atoms with van der Waals surface area (Å²) in [5.41, 5.74) is 0. The second-order valence-electron chi connectivity index (χ2n) is 3.17. The molecular formula is C9H11NO7. The van der Waals surface area contributed by atoms with Gasteiger partial charge in [-0.3, -0.25) is 14.4 Å². The first-order valence-electron chi connectivity index (χ1n) is 4.87. The second-order valence-corrected chi connectivity index (χ2v) is 3.17. The van der Waals surface area contributed by atoms with Crippen molar-refractivity contribution < 1.29 is 33.9 Å². The van der Waals surface area contributed by atoms with Crippen LogP contribution in [0.1, 0.15) is 19.3 Å². The Morgan fingerprint density at radius 1 is 1.18 bits per heavy atom. The summed E-state index contributed by atoms with van der Waals surface area (Å²) >= 11 is 0. The number of hydroxylamine groups is 2. The topological polar surface area (TPSA) is 110 Å². The van der Waals surface area contributed by atoms with Gasteiger partial charge in [0.25, 0.3) is 11.8 Å². The number of nitrogens with zero attached hydrogens (tertiary/aromatic N) is 1. The maximum absolute atomic E-state index is 11.1. The minimum atomic E-state index is -1.06. The van der Waals surface area contributed by atoms with Crippen molar-refractivity contribution in [2.24, 2.45) is 0 Å². The lowest BCUT2D eigenvalue weighted by atomic mass is 10.4. The number of ether oxygens (including phenoxy) is 1. The van der Waals surface area contributed by atoms with Crippen molar-refractivity contribution in [3.63, 3.8) is 0 Å². The molecule has 8 nitrogen and oxygen atoms in total. The van der Waals surface area contributed by atoms with Crippen LogP contribution in [0, 0.1) is 0 Å². The first-order valence-corrected chi connectivity index (χ1v) is 4.87. The minimum absolute atomic E-state index is 0.0128. The van der Waals surface area contributed by atoms with Crippen LogP contribution in [0.15, 0.2) is 0 Å². The Morgan fingerprint density at radius 2 is 1.76 bits per heavy atom. The van der Waals surface area contributed by atoms with E-state index in [-0.39, 0.29) is 26.1 Å². The zero-order chi connectivity index (χ0) is 12.8. The summed E-state index contributed by atoms with van der Waals surface area (Å²) < 4.78 is 4.40. The largest absolute Gasteiger partial charge is 0.463 e. The van der Waals surface area contributed by atoms with Crippen molar-refractivity contribution in [2.75, 3.05) is 13.2 Å². The van der Waals surface area contributed by atoms with Crippen molar-refractivity contribution >= 4 is 23.8 Å². The molecule has 0 radical (unpaired) electrons. The van der Waals surface area contributed by atoms with Crippen LogP contribution in [0.2, 0.25) is 0 Å². The van der Waals surface area contributed by atoms with E-state index >= 15 is 0 Å². The summed E-state index contributed by atoms with van der Waals surface area (Å²) in [7, 11) is 0. The van der Waals surface area contributed by atoms with Crippen molar-refractivity contribution in [3.05, 3.63) is 0 Å². The monoisotopic (exact) mass is 245 g/mol. The first kappa shape index (κ1) is 13.1. The van der Waals surface area contributed by atoms with Gasteiger partial charge in [-0.25, -0.2) is 4.79 Å². The van der Waals surface area contributed by atoms with Crippen LogP contribution >= 0.6 is 0 Å². The van der Waals surface area contributed by atoms with E-state index in [4.69, 9.17) is 5.11 Å². The maximum Gasteiger partial charge on any atom is 0.344 e. The number of carbonyl (C=O) groups excluding carboxylic acids is 4. The fourth-order valence-corrected chi connectivity index (χ4v) is 1.12. The molecule has 8 heteroatoms. The maximum atomic E-state index is 11.1. The standard InChI is InChI=1S/C9H11NO7/c11-3-4-16-8(14)5-9(15)17-10-6(12)1-2-7(10)13/h11H,1-5H2. The van der Waals surface area contributed by atoms with Gasteiger partial charge in [0, 0.05) is 12.8 Å². The molecule has 1 fully saturated rings. The van der Waals surface area contributed by atoms with Crippen LogP contribution in [-0.2, 0) is 28.8 Å². The molecule has 0 saturated carbocycles. The van der Waals surface area contributed by atoms with Crippen LogP contribution in [0.5, 0.6) is 0 Å². The minimum Gasteiger partial charge on any atom is -0.463 e. The van der Waals surface area contributed by atoms with Crippen molar-refractivity contribution in [1.82, 2.24) is 5.06 Å². The smallest absolute Gasteiger partial charge is 0.344 e. The lowest BCUT2D eigenvalue weighted by Gasteiger charge is -2.11. The van der Waals surface area contributed by atoms with Crippen molar-refractivity contribution in [1.29, 1.82) is 0 Å². The van der Waals surface area contributed by atoms with E-state index in [1.165, 1.54) is 0 Å². The zero-order valence-electron chi connectivity index (χ0n) is 8.88. The molecule has 0 atom stereocenters. The molecule has 2 amide bonds. The molecule has 94 valence electrons. The molecule has 1 saturated heterocycles. The summed E-state index contributed by atoms with van der Waals surface area (Å²) in [4.78, 5) is 48.6. The second kappa shape index (κ2) is 5.94. The number of esters is 1. The van der Waals surface area contributed by atoms with E-state index in [0.29, 0.717) is 5.06 Å². The number of amides is 2.